The number of esters is 1. The van der Waals surface area contributed by atoms with E-state index >= 15 is 0 Å². The summed E-state index contributed by atoms with van der Waals surface area (Å²) in [5, 5.41) is 9.37. The molecule has 158 valence electrons. The summed E-state index contributed by atoms with van der Waals surface area (Å²) in [6.07, 6.45) is -1.46. The van der Waals surface area contributed by atoms with Crippen LogP contribution in [0.15, 0.2) is 54.6 Å². The van der Waals surface area contributed by atoms with Gasteiger partial charge in [-0.2, -0.15) is 0 Å². The zero-order valence-electron chi connectivity index (χ0n) is 17.0. The molecule has 1 atom stereocenters. The standard InChI is InChI=1S/C23H26N2O5/c1-17(27)30-21(23(29)25-15-19-9-5-6-10-20(19)16-25)13-22(28)24(11-12-26)14-18-7-3-2-4-8-18/h2-10,21,26H,11-16H2,1H3/t21-/m1/s1. The number of aliphatic hydroxyl groups is 1. The quantitative estimate of drug-likeness (QED) is 0.672. The molecule has 1 N–H and O–H groups in total. The number of hydrogen-bond acceptors (Lipinski definition) is 5. The minimum Gasteiger partial charge on any atom is -0.452 e. The van der Waals surface area contributed by atoms with Crippen LogP contribution in [0.25, 0.3) is 0 Å². The molecule has 7 heteroatoms. The maximum absolute atomic E-state index is 13.1. The van der Waals surface area contributed by atoms with Gasteiger partial charge in [-0.05, 0) is 16.7 Å². The average Bonchev–Trinajstić information content (AvgIpc) is 3.17. The van der Waals surface area contributed by atoms with Crippen LogP contribution in [0.1, 0.15) is 30.0 Å². The molecule has 0 aliphatic carbocycles. The molecule has 30 heavy (non-hydrogen) atoms. The molecule has 1 aliphatic rings. The Morgan fingerprint density at radius 3 is 2.20 bits per heavy atom. The second-order valence-corrected chi connectivity index (χ2v) is 7.29. The van der Waals surface area contributed by atoms with Crippen LogP contribution in [-0.4, -0.2) is 51.9 Å². The van der Waals surface area contributed by atoms with Crippen LogP contribution in [0.5, 0.6) is 0 Å². The predicted molar refractivity (Wildman–Crippen MR) is 110 cm³/mol. The maximum Gasteiger partial charge on any atom is 0.303 e. The van der Waals surface area contributed by atoms with Crippen LogP contribution in [0, 0.1) is 0 Å². The van der Waals surface area contributed by atoms with Gasteiger partial charge < -0.3 is 19.6 Å². The minimum absolute atomic E-state index is 0.129. The zero-order chi connectivity index (χ0) is 21.5. The first kappa shape index (κ1) is 21.5. The number of carbonyl (C=O) groups excluding carboxylic acids is 3. The molecule has 7 nitrogen and oxygen atoms in total. The molecule has 0 spiro atoms. The van der Waals surface area contributed by atoms with E-state index in [1.807, 2.05) is 54.6 Å². The molecule has 1 heterocycles. The molecule has 0 aromatic heterocycles. The fourth-order valence-corrected chi connectivity index (χ4v) is 3.58. The van der Waals surface area contributed by atoms with Crippen molar-refractivity contribution >= 4 is 17.8 Å². The first-order valence-corrected chi connectivity index (χ1v) is 9.93. The van der Waals surface area contributed by atoms with Gasteiger partial charge in [0.15, 0.2) is 6.10 Å². The number of amides is 2. The topological polar surface area (TPSA) is 87.1 Å². The fourth-order valence-electron chi connectivity index (χ4n) is 3.58. The summed E-state index contributed by atoms with van der Waals surface area (Å²) in [7, 11) is 0. The second-order valence-electron chi connectivity index (χ2n) is 7.29. The molecule has 0 radical (unpaired) electrons. The molecule has 0 bridgehead atoms. The average molecular weight is 410 g/mol. The number of benzene rings is 2. The molecule has 0 saturated carbocycles. The lowest BCUT2D eigenvalue weighted by Gasteiger charge is -2.26. The van der Waals surface area contributed by atoms with E-state index < -0.39 is 18.0 Å². The highest BCUT2D eigenvalue weighted by molar-refractivity contribution is 5.89. The second kappa shape index (κ2) is 10.0. The molecular formula is C23H26N2O5. The van der Waals surface area contributed by atoms with Gasteiger partial charge in [0.1, 0.15) is 0 Å². The maximum atomic E-state index is 13.1. The van der Waals surface area contributed by atoms with Crippen LogP contribution in [0.3, 0.4) is 0 Å². The number of rotatable bonds is 8. The molecule has 1 aliphatic heterocycles. The normalized spacial score (nSPS) is 13.5. The van der Waals surface area contributed by atoms with Crippen molar-refractivity contribution in [1.82, 2.24) is 9.80 Å². The van der Waals surface area contributed by atoms with Crippen molar-refractivity contribution in [2.24, 2.45) is 0 Å². The third-order valence-electron chi connectivity index (χ3n) is 5.04. The van der Waals surface area contributed by atoms with Crippen molar-refractivity contribution in [2.75, 3.05) is 13.2 Å². The van der Waals surface area contributed by atoms with Gasteiger partial charge in [-0.15, -0.1) is 0 Å². The Morgan fingerprint density at radius 1 is 1.03 bits per heavy atom. The van der Waals surface area contributed by atoms with Crippen LogP contribution >= 0.6 is 0 Å². The number of hydrogen-bond donors (Lipinski definition) is 1. The van der Waals surface area contributed by atoms with Crippen LogP contribution < -0.4 is 0 Å². The Bertz CT molecular complexity index is 874. The van der Waals surface area contributed by atoms with Crippen molar-refractivity contribution in [3.63, 3.8) is 0 Å². The summed E-state index contributed by atoms with van der Waals surface area (Å²) in [5.74, 6) is -1.36. The van der Waals surface area contributed by atoms with Gasteiger partial charge in [-0.1, -0.05) is 54.6 Å². The summed E-state index contributed by atoms with van der Waals surface area (Å²) < 4.78 is 5.23. The molecule has 2 amide bonds. The molecule has 2 aromatic rings. The zero-order valence-corrected chi connectivity index (χ0v) is 17.0. The van der Waals surface area contributed by atoms with Crippen molar-refractivity contribution in [3.05, 3.63) is 71.3 Å². The smallest absolute Gasteiger partial charge is 0.303 e. The lowest BCUT2D eigenvalue weighted by molar-refractivity contribution is -0.161. The predicted octanol–water partition coefficient (Wildman–Crippen LogP) is 1.87. The summed E-state index contributed by atoms with van der Waals surface area (Å²) >= 11 is 0. The van der Waals surface area contributed by atoms with Gasteiger partial charge in [0, 0.05) is 33.1 Å². The number of carbonyl (C=O) groups is 3. The number of ether oxygens (including phenoxy) is 1. The number of nitrogens with zero attached hydrogens (tertiary/aromatic N) is 2. The van der Waals surface area contributed by atoms with Crippen LogP contribution in [0.2, 0.25) is 0 Å². The van der Waals surface area contributed by atoms with E-state index in [1.165, 1.54) is 11.8 Å². The van der Waals surface area contributed by atoms with E-state index in [0.29, 0.717) is 19.6 Å². The minimum atomic E-state index is -1.19. The number of aliphatic hydroxyl groups excluding tert-OH is 1. The molecule has 0 unspecified atom stereocenters. The highest BCUT2D eigenvalue weighted by Gasteiger charge is 2.33. The fraction of sp³-hybridized carbons (Fsp3) is 0.348. The number of fused-ring (bicyclic) bond motifs is 1. The summed E-state index contributed by atoms with van der Waals surface area (Å²) in [6, 6.07) is 17.1. The van der Waals surface area contributed by atoms with E-state index in [-0.39, 0.29) is 25.5 Å². The largest absolute Gasteiger partial charge is 0.452 e. The van der Waals surface area contributed by atoms with E-state index in [0.717, 1.165) is 16.7 Å². The van der Waals surface area contributed by atoms with Crippen molar-refractivity contribution in [3.8, 4) is 0 Å². The Labute approximate surface area is 175 Å². The molecule has 2 aromatic carbocycles. The molecule has 3 rings (SSSR count). The Hall–Kier alpha value is -3.19. The third-order valence-corrected chi connectivity index (χ3v) is 5.04. The van der Waals surface area contributed by atoms with Crippen LogP contribution in [-0.2, 0) is 38.8 Å². The molecule has 0 fully saturated rings. The molecular weight excluding hydrogens is 384 g/mol. The van der Waals surface area contributed by atoms with E-state index in [1.54, 1.807) is 4.90 Å². The van der Waals surface area contributed by atoms with Gasteiger partial charge in [0.05, 0.1) is 13.0 Å². The first-order valence-electron chi connectivity index (χ1n) is 9.93. The first-order chi connectivity index (χ1) is 14.5. The SMILES string of the molecule is CC(=O)O[C@H](CC(=O)N(CCO)Cc1ccccc1)C(=O)N1Cc2ccccc2C1. The lowest BCUT2D eigenvalue weighted by Crippen LogP contribution is -2.43. The van der Waals surface area contributed by atoms with Gasteiger partial charge in [0.2, 0.25) is 5.91 Å². The highest BCUT2D eigenvalue weighted by Crippen LogP contribution is 2.24. The van der Waals surface area contributed by atoms with Gasteiger partial charge >= 0.3 is 5.97 Å². The Kier molecular flexibility index (Phi) is 7.19. The lowest BCUT2D eigenvalue weighted by atomic mass is 10.1. The Morgan fingerprint density at radius 2 is 1.63 bits per heavy atom. The highest BCUT2D eigenvalue weighted by atomic mass is 16.5. The summed E-state index contributed by atoms with van der Waals surface area (Å²) in [6.45, 7) is 2.29. The van der Waals surface area contributed by atoms with Gasteiger partial charge in [0.25, 0.3) is 5.91 Å². The summed E-state index contributed by atoms with van der Waals surface area (Å²) in [4.78, 5) is 40.6. The third kappa shape index (κ3) is 5.45. The summed E-state index contributed by atoms with van der Waals surface area (Å²) in [5.41, 5.74) is 3.00. The van der Waals surface area contributed by atoms with Crippen molar-refractivity contribution in [1.29, 1.82) is 0 Å². The van der Waals surface area contributed by atoms with Crippen molar-refractivity contribution in [2.45, 2.75) is 39.1 Å². The van der Waals surface area contributed by atoms with E-state index in [2.05, 4.69) is 0 Å². The molecule has 0 saturated heterocycles. The van der Waals surface area contributed by atoms with E-state index in [4.69, 9.17) is 4.74 Å². The Balaban J connectivity index is 1.70. The van der Waals surface area contributed by atoms with E-state index in [9.17, 15) is 19.5 Å². The van der Waals surface area contributed by atoms with Gasteiger partial charge in [-0.3, -0.25) is 14.4 Å². The van der Waals surface area contributed by atoms with Crippen LogP contribution in [0.4, 0.5) is 0 Å². The monoisotopic (exact) mass is 410 g/mol. The van der Waals surface area contributed by atoms with Gasteiger partial charge in [-0.25, -0.2) is 0 Å². The van der Waals surface area contributed by atoms with Crippen molar-refractivity contribution < 1.29 is 24.2 Å².